The molecule has 1 aliphatic carbocycles. The molecule has 0 bridgehead atoms. The monoisotopic (exact) mass is 476 g/mol. The van der Waals surface area contributed by atoms with Crippen molar-refractivity contribution in [3.8, 4) is 11.1 Å². The van der Waals surface area contributed by atoms with Crippen LogP contribution in [-0.2, 0) is 16.0 Å². The van der Waals surface area contributed by atoms with E-state index in [4.69, 9.17) is 16.7 Å². The first-order valence-corrected chi connectivity index (χ1v) is 12.0. The molecule has 1 atom stereocenters. The minimum atomic E-state index is -0.828. The SMILES string of the molecule is Cc1ncc(-c2ccc([C@H](C(=O)Nc3cccc(CCC(=O)O)c3C)C3CCC3)cc2)cc1Cl. The van der Waals surface area contributed by atoms with Crippen molar-refractivity contribution in [3.63, 3.8) is 0 Å². The number of nitrogens with zero attached hydrogens (tertiary/aromatic N) is 1. The number of rotatable bonds is 8. The summed E-state index contributed by atoms with van der Waals surface area (Å²) in [4.78, 5) is 28.8. The lowest BCUT2D eigenvalue weighted by Gasteiger charge is -2.33. The first kappa shape index (κ1) is 24.0. The normalized spacial score (nSPS) is 14.3. The predicted molar refractivity (Wildman–Crippen MR) is 135 cm³/mol. The van der Waals surface area contributed by atoms with Gasteiger partial charge in [-0.1, -0.05) is 54.4 Å². The smallest absolute Gasteiger partial charge is 0.303 e. The number of carbonyl (C=O) groups excluding carboxylic acids is 1. The van der Waals surface area contributed by atoms with E-state index >= 15 is 0 Å². The quantitative estimate of drug-likeness (QED) is 0.386. The summed E-state index contributed by atoms with van der Waals surface area (Å²) in [6, 6.07) is 15.7. The van der Waals surface area contributed by atoms with Crippen molar-refractivity contribution >= 4 is 29.2 Å². The number of aliphatic carboxylic acids is 1. The van der Waals surface area contributed by atoms with Gasteiger partial charge in [0.15, 0.2) is 0 Å². The number of amides is 1. The minimum absolute atomic E-state index is 0.0176. The second-order valence-corrected chi connectivity index (χ2v) is 9.46. The highest BCUT2D eigenvalue weighted by Gasteiger charge is 2.34. The highest BCUT2D eigenvalue weighted by Crippen LogP contribution is 2.41. The van der Waals surface area contributed by atoms with Crippen LogP contribution in [0.15, 0.2) is 54.7 Å². The zero-order valence-electron chi connectivity index (χ0n) is 19.5. The van der Waals surface area contributed by atoms with Crippen LogP contribution in [0.25, 0.3) is 11.1 Å². The van der Waals surface area contributed by atoms with E-state index in [0.717, 1.165) is 58.5 Å². The fourth-order valence-electron chi connectivity index (χ4n) is 4.50. The largest absolute Gasteiger partial charge is 0.481 e. The molecular weight excluding hydrogens is 448 g/mol. The highest BCUT2D eigenvalue weighted by atomic mass is 35.5. The van der Waals surface area contributed by atoms with E-state index in [9.17, 15) is 9.59 Å². The summed E-state index contributed by atoms with van der Waals surface area (Å²) >= 11 is 6.25. The second kappa shape index (κ2) is 10.4. The van der Waals surface area contributed by atoms with Crippen molar-refractivity contribution in [2.45, 2.75) is 51.9 Å². The lowest BCUT2D eigenvalue weighted by atomic mass is 9.72. The zero-order chi connectivity index (χ0) is 24.2. The molecule has 1 aliphatic rings. The number of carbonyl (C=O) groups is 2. The van der Waals surface area contributed by atoms with Crippen molar-refractivity contribution in [2.24, 2.45) is 5.92 Å². The van der Waals surface area contributed by atoms with Crippen LogP contribution in [0.4, 0.5) is 5.69 Å². The second-order valence-electron chi connectivity index (χ2n) is 9.05. The zero-order valence-corrected chi connectivity index (χ0v) is 20.2. The number of hydrogen-bond donors (Lipinski definition) is 2. The molecule has 6 heteroatoms. The number of halogens is 1. The summed E-state index contributed by atoms with van der Waals surface area (Å²) in [5.41, 5.74) is 6.35. The van der Waals surface area contributed by atoms with E-state index in [0.29, 0.717) is 17.4 Å². The van der Waals surface area contributed by atoms with Crippen LogP contribution < -0.4 is 5.32 Å². The van der Waals surface area contributed by atoms with Gasteiger partial charge < -0.3 is 10.4 Å². The molecule has 4 rings (SSSR count). The van der Waals surface area contributed by atoms with Crippen LogP contribution in [0.5, 0.6) is 0 Å². The van der Waals surface area contributed by atoms with Gasteiger partial charge in [-0.3, -0.25) is 14.6 Å². The van der Waals surface area contributed by atoms with Gasteiger partial charge in [-0.2, -0.15) is 0 Å². The molecule has 2 N–H and O–H groups in total. The van der Waals surface area contributed by atoms with E-state index in [1.54, 1.807) is 0 Å². The first-order chi connectivity index (χ1) is 16.3. The summed E-state index contributed by atoms with van der Waals surface area (Å²) in [5.74, 6) is -0.761. The molecule has 1 fully saturated rings. The van der Waals surface area contributed by atoms with Gasteiger partial charge in [0.25, 0.3) is 0 Å². The maximum Gasteiger partial charge on any atom is 0.303 e. The molecule has 0 radical (unpaired) electrons. The Morgan fingerprint density at radius 1 is 1.12 bits per heavy atom. The van der Waals surface area contributed by atoms with Crippen molar-refractivity contribution in [3.05, 3.63) is 82.1 Å². The molecule has 0 aliphatic heterocycles. The molecule has 1 amide bonds. The van der Waals surface area contributed by atoms with Gasteiger partial charge in [0.1, 0.15) is 0 Å². The maximum absolute atomic E-state index is 13.5. The minimum Gasteiger partial charge on any atom is -0.481 e. The van der Waals surface area contributed by atoms with Crippen molar-refractivity contribution in [2.75, 3.05) is 5.32 Å². The van der Waals surface area contributed by atoms with Crippen LogP contribution in [0.3, 0.4) is 0 Å². The molecule has 3 aromatic rings. The van der Waals surface area contributed by atoms with Crippen LogP contribution >= 0.6 is 11.6 Å². The van der Waals surface area contributed by atoms with Gasteiger partial charge in [-0.25, -0.2) is 0 Å². The molecule has 5 nitrogen and oxygen atoms in total. The number of aromatic nitrogens is 1. The molecular formula is C28H29ClN2O3. The number of hydrogen-bond acceptors (Lipinski definition) is 3. The summed E-state index contributed by atoms with van der Waals surface area (Å²) in [6.07, 6.45) is 5.54. The summed E-state index contributed by atoms with van der Waals surface area (Å²) in [7, 11) is 0. The predicted octanol–water partition coefficient (Wildman–Crippen LogP) is 6.56. The maximum atomic E-state index is 13.5. The number of carboxylic acids is 1. The van der Waals surface area contributed by atoms with Crippen LogP contribution in [0.2, 0.25) is 5.02 Å². The highest BCUT2D eigenvalue weighted by molar-refractivity contribution is 6.31. The molecule has 34 heavy (non-hydrogen) atoms. The Morgan fingerprint density at radius 3 is 2.47 bits per heavy atom. The van der Waals surface area contributed by atoms with Gasteiger partial charge >= 0.3 is 5.97 Å². The Morgan fingerprint density at radius 2 is 1.85 bits per heavy atom. The average Bonchev–Trinajstić information content (AvgIpc) is 2.78. The number of benzene rings is 2. The average molecular weight is 477 g/mol. The molecule has 0 spiro atoms. The van der Waals surface area contributed by atoms with Gasteiger partial charge in [0.2, 0.25) is 5.91 Å². The lowest BCUT2D eigenvalue weighted by Crippen LogP contribution is -2.31. The topological polar surface area (TPSA) is 79.3 Å². The molecule has 0 saturated heterocycles. The third-order valence-electron chi connectivity index (χ3n) is 6.84. The van der Waals surface area contributed by atoms with Gasteiger partial charge in [0.05, 0.1) is 16.6 Å². The van der Waals surface area contributed by atoms with Gasteiger partial charge in [0, 0.05) is 23.9 Å². The van der Waals surface area contributed by atoms with Gasteiger partial charge in [-0.05, 0) is 73.4 Å². The fraction of sp³-hybridized carbons (Fsp3) is 0.321. The number of anilines is 1. The number of pyridine rings is 1. The molecule has 1 aromatic heterocycles. The molecule has 2 aromatic carbocycles. The van der Waals surface area contributed by atoms with E-state index in [2.05, 4.69) is 10.3 Å². The number of aryl methyl sites for hydroxylation is 2. The van der Waals surface area contributed by atoms with E-state index < -0.39 is 5.97 Å². The number of carboxylic acid groups (broad SMARTS) is 1. The van der Waals surface area contributed by atoms with Crippen LogP contribution in [-0.4, -0.2) is 22.0 Å². The Bertz CT molecular complexity index is 1200. The Labute approximate surface area is 205 Å². The molecule has 1 saturated carbocycles. The summed E-state index contributed by atoms with van der Waals surface area (Å²) in [5, 5.41) is 12.8. The van der Waals surface area contributed by atoms with Crippen LogP contribution in [0, 0.1) is 19.8 Å². The summed E-state index contributed by atoms with van der Waals surface area (Å²) in [6.45, 7) is 3.81. The van der Waals surface area contributed by atoms with Gasteiger partial charge in [-0.15, -0.1) is 0 Å². The molecule has 176 valence electrons. The third kappa shape index (κ3) is 5.31. The molecule has 1 heterocycles. The third-order valence-corrected chi connectivity index (χ3v) is 7.23. The van der Waals surface area contributed by atoms with E-state index in [1.807, 2.05) is 68.6 Å². The van der Waals surface area contributed by atoms with Crippen molar-refractivity contribution in [1.29, 1.82) is 0 Å². The van der Waals surface area contributed by atoms with E-state index in [-0.39, 0.29) is 18.2 Å². The Kier molecular flexibility index (Phi) is 7.32. The number of nitrogens with one attached hydrogen (secondary N) is 1. The Balaban J connectivity index is 1.56. The standard InChI is InChI=1S/C28H29ClN2O3/c1-17-19(13-14-26(32)33)5-4-8-25(17)31-28(34)27(21-6-3-7-21)22-11-9-20(10-12-22)23-15-24(29)18(2)30-16-23/h4-5,8-12,15-16,21,27H,3,6-7,13-14H2,1-2H3,(H,31,34)(H,32,33)/t27-/m1/s1. The first-order valence-electron chi connectivity index (χ1n) is 11.7. The molecule has 0 unspecified atom stereocenters. The summed E-state index contributed by atoms with van der Waals surface area (Å²) < 4.78 is 0. The van der Waals surface area contributed by atoms with E-state index in [1.165, 1.54) is 0 Å². The van der Waals surface area contributed by atoms with Crippen molar-refractivity contribution in [1.82, 2.24) is 4.98 Å². The fourth-order valence-corrected chi connectivity index (χ4v) is 4.67. The van der Waals surface area contributed by atoms with Crippen LogP contribution in [0.1, 0.15) is 54.0 Å². The van der Waals surface area contributed by atoms with Crippen molar-refractivity contribution < 1.29 is 14.7 Å². The Hall–Kier alpha value is -3.18. The lowest BCUT2D eigenvalue weighted by molar-refractivity contribution is -0.137.